The van der Waals surface area contributed by atoms with Gasteiger partial charge in [0.2, 0.25) is 11.8 Å². The van der Waals surface area contributed by atoms with Gasteiger partial charge in [0.15, 0.2) is 0 Å². The maximum absolute atomic E-state index is 12.9. The summed E-state index contributed by atoms with van der Waals surface area (Å²) < 4.78 is 25.9. The van der Waals surface area contributed by atoms with Gasteiger partial charge in [-0.15, -0.1) is 0 Å². The van der Waals surface area contributed by atoms with Crippen LogP contribution >= 0.6 is 0 Å². The molecule has 15 heavy (non-hydrogen) atoms. The molecule has 0 radical (unpaired) electrons. The summed E-state index contributed by atoms with van der Waals surface area (Å²) in [4.78, 5) is 11.0. The minimum atomic E-state index is -2.49. The van der Waals surface area contributed by atoms with Crippen LogP contribution in [-0.4, -0.2) is 17.9 Å². The van der Waals surface area contributed by atoms with Gasteiger partial charge in [0, 0.05) is 18.9 Å². The van der Waals surface area contributed by atoms with Crippen molar-refractivity contribution in [2.24, 2.45) is 5.41 Å². The molecule has 1 atom stereocenters. The number of amides is 1. The lowest BCUT2D eigenvalue weighted by atomic mass is 9.83. The summed E-state index contributed by atoms with van der Waals surface area (Å²) in [5, 5.41) is 2.79. The molecule has 0 aromatic heterocycles. The standard InChI is InChI=1S/C11H15F2NO/c1-2-9(15)14-8-7-10(8)3-5-11(12,13)6-4-10/h2,8H,1,3-7H2,(H,14,15). The largest absolute Gasteiger partial charge is 0.349 e. The van der Waals surface area contributed by atoms with E-state index in [1.165, 1.54) is 6.08 Å². The van der Waals surface area contributed by atoms with E-state index in [1.807, 2.05) is 0 Å². The van der Waals surface area contributed by atoms with Gasteiger partial charge in [-0.2, -0.15) is 0 Å². The second-order valence-electron chi connectivity index (χ2n) is 4.69. The minimum Gasteiger partial charge on any atom is -0.349 e. The molecule has 2 rings (SSSR count). The highest BCUT2D eigenvalue weighted by atomic mass is 19.3. The van der Waals surface area contributed by atoms with Gasteiger partial charge in [-0.3, -0.25) is 4.79 Å². The van der Waals surface area contributed by atoms with E-state index < -0.39 is 5.92 Å². The van der Waals surface area contributed by atoms with Crippen LogP contribution in [0.4, 0.5) is 8.78 Å². The monoisotopic (exact) mass is 215 g/mol. The summed E-state index contributed by atoms with van der Waals surface area (Å²) in [6, 6.07) is 0.0964. The van der Waals surface area contributed by atoms with Crippen LogP contribution in [0.2, 0.25) is 0 Å². The average molecular weight is 215 g/mol. The highest BCUT2D eigenvalue weighted by Crippen LogP contribution is 2.58. The fourth-order valence-electron chi connectivity index (χ4n) is 2.45. The van der Waals surface area contributed by atoms with Crippen molar-refractivity contribution in [2.45, 2.75) is 44.1 Å². The van der Waals surface area contributed by atoms with E-state index in [4.69, 9.17) is 0 Å². The van der Waals surface area contributed by atoms with Crippen molar-refractivity contribution in [3.8, 4) is 0 Å². The van der Waals surface area contributed by atoms with E-state index in [-0.39, 0.29) is 30.2 Å². The predicted octanol–water partition coefficient (Wildman–Crippen LogP) is 2.26. The zero-order valence-corrected chi connectivity index (χ0v) is 8.56. The molecule has 0 bridgehead atoms. The third kappa shape index (κ3) is 2.03. The lowest BCUT2D eigenvalue weighted by Crippen LogP contribution is -2.33. The molecular weight excluding hydrogens is 200 g/mol. The number of hydrogen-bond acceptors (Lipinski definition) is 1. The third-order valence-corrected chi connectivity index (χ3v) is 3.67. The first-order valence-electron chi connectivity index (χ1n) is 5.28. The number of rotatable bonds is 2. The summed E-state index contributed by atoms with van der Waals surface area (Å²) in [6.45, 7) is 3.37. The normalized spacial score (nSPS) is 30.9. The molecule has 1 spiro atoms. The van der Waals surface area contributed by atoms with Gasteiger partial charge in [-0.1, -0.05) is 6.58 Å². The van der Waals surface area contributed by atoms with Crippen LogP contribution < -0.4 is 5.32 Å². The first kappa shape index (κ1) is 10.6. The molecule has 1 unspecified atom stereocenters. The van der Waals surface area contributed by atoms with E-state index in [0.29, 0.717) is 12.8 Å². The van der Waals surface area contributed by atoms with Crippen molar-refractivity contribution in [2.75, 3.05) is 0 Å². The van der Waals surface area contributed by atoms with Gasteiger partial charge in [-0.05, 0) is 30.8 Å². The number of hydrogen-bond donors (Lipinski definition) is 1. The number of halogens is 2. The average Bonchev–Trinajstić information content (AvgIpc) is 2.85. The molecule has 2 aliphatic rings. The number of carbonyl (C=O) groups excluding carboxylic acids is 1. The Balaban J connectivity index is 1.87. The Morgan fingerprint density at radius 3 is 2.47 bits per heavy atom. The van der Waals surface area contributed by atoms with Crippen LogP contribution in [-0.2, 0) is 4.79 Å². The molecule has 4 heteroatoms. The summed E-state index contributed by atoms with van der Waals surface area (Å²) in [6.07, 6.45) is 3.07. The van der Waals surface area contributed by atoms with Crippen LogP contribution in [0.5, 0.6) is 0 Å². The fourth-order valence-corrected chi connectivity index (χ4v) is 2.45. The fraction of sp³-hybridized carbons (Fsp3) is 0.727. The second-order valence-corrected chi connectivity index (χ2v) is 4.69. The van der Waals surface area contributed by atoms with Gasteiger partial charge in [0.25, 0.3) is 0 Å². The van der Waals surface area contributed by atoms with Crippen LogP contribution in [0.15, 0.2) is 12.7 Å². The van der Waals surface area contributed by atoms with E-state index >= 15 is 0 Å². The molecule has 0 aliphatic heterocycles. The SMILES string of the molecule is C=CC(=O)NC1CC12CCC(F)(F)CC2. The molecule has 1 N–H and O–H groups in total. The Morgan fingerprint density at radius 2 is 1.93 bits per heavy atom. The predicted molar refractivity (Wildman–Crippen MR) is 52.6 cm³/mol. The van der Waals surface area contributed by atoms with Crippen molar-refractivity contribution in [1.29, 1.82) is 0 Å². The Morgan fingerprint density at radius 1 is 1.33 bits per heavy atom. The Hall–Kier alpha value is -0.930. The van der Waals surface area contributed by atoms with Crippen molar-refractivity contribution < 1.29 is 13.6 Å². The van der Waals surface area contributed by atoms with Crippen LogP contribution in [0, 0.1) is 5.41 Å². The molecule has 0 saturated heterocycles. The van der Waals surface area contributed by atoms with E-state index in [2.05, 4.69) is 11.9 Å². The van der Waals surface area contributed by atoms with Crippen LogP contribution in [0.25, 0.3) is 0 Å². The minimum absolute atomic E-state index is 0.0274. The Labute approximate surface area is 87.7 Å². The topological polar surface area (TPSA) is 29.1 Å². The molecular formula is C11H15F2NO. The number of nitrogens with one attached hydrogen (secondary N) is 1. The number of carbonyl (C=O) groups is 1. The second kappa shape index (κ2) is 3.29. The molecule has 0 aromatic rings. The molecule has 0 heterocycles. The van der Waals surface area contributed by atoms with Crippen molar-refractivity contribution >= 4 is 5.91 Å². The van der Waals surface area contributed by atoms with Gasteiger partial charge in [0.05, 0.1) is 0 Å². The van der Waals surface area contributed by atoms with Gasteiger partial charge < -0.3 is 5.32 Å². The van der Waals surface area contributed by atoms with Gasteiger partial charge in [0.1, 0.15) is 0 Å². The Kier molecular flexibility index (Phi) is 2.32. The van der Waals surface area contributed by atoms with Crippen molar-refractivity contribution in [3.05, 3.63) is 12.7 Å². The van der Waals surface area contributed by atoms with Crippen LogP contribution in [0.3, 0.4) is 0 Å². The zero-order chi connectivity index (χ0) is 11.1. The first-order chi connectivity index (χ1) is 6.97. The van der Waals surface area contributed by atoms with E-state index in [9.17, 15) is 13.6 Å². The highest BCUT2D eigenvalue weighted by Gasteiger charge is 2.58. The summed E-state index contributed by atoms with van der Waals surface area (Å²) in [5.74, 6) is -2.69. The summed E-state index contributed by atoms with van der Waals surface area (Å²) in [5.41, 5.74) is -0.0274. The molecule has 84 valence electrons. The molecule has 2 aliphatic carbocycles. The molecule has 0 aromatic carbocycles. The molecule has 2 nitrogen and oxygen atoms in total. The lowest BCUT2D eigenvalue weighted by molar-refractivity contribution is -0.116. The summed E-state index contributed by atoms with van der Waals surface area (Å²) >= 11 is 0. The molecule has 1 amide bonds. The van der Waals surface area contributed by atoms with E-state index in [1.54, 1.807) is 0 Å². The van der Waals surface area contributed by atoms with Gasteiger partial charge in [-0.25, -0.2) is 8.78 Å². The smallest absolute Gasteiger partial charge is 0.248 e. The maximum Gasteiger partial charge on any atom is 0.248 e. The lowest BCUT2D eigenvalue weighted by Gasteiger charge is -2.29. The van der Waals surface area contributed by atoms with Crippen LogP contribution in [0.1, 0.15) is 32.1 Å². The quantitative estimate of drug-likeness (QED) is 0.703. The zero-order valence-electron chi connectivity index (χ0n) is 8.56. The van der Waals surface area contributed by atoms with E-state index in [0.717, 1.165) is 6.42 Å². The van der Waals surface area contributed by atoms with Crippen molar-refractivity contribution in [1.82, 2.24) is 5.32 Å². The Bertz CT molecular complexity index is 291. The first-order valence-corrected chi connectivity index (χ1v) is 5.28. The molecule has 2 fully saturated rings. The maximum atomic E-state index is 12.9. The summed E-state index contributed by atoms with van der Waals surface area (Å²) in [7, 11) is 0. The molecule has 2 saturated carbocycles. The number of alkyl halides is 2. The highest BCUT2D eigenvalue weighted by molar-refractivity contribution is 5.87. The van der Waals surface area contributed by atoms with Gasteiger partial charge >= 0.3 is 0 Å². The third-order valence-electron chi connectivity index (χ3n) is 3.67. The van der Waals surface area contributed by atoms with Crippen molar-refractivity contribution in [3.63, 3.8) is 0 Å².